The number of carbonyl (C=O) groups is 7. The molecule has 0 radical (unpaired) electrons. The van der Waals surface area contributed by atoms with Crippen molar-refractivity contribution in [2.24, 2.45) is 40.4 Å². The van der Waals surface area contributed by atoms with Crippen LogP contribution in [0.3, 0.4) is 0 Å². The van der Waals surface area contributed by atoms with E-state index in [0.29, 0.717) is 61.0 Å². The van der Waals surface area contributed by atoms with Gasteiger partial charge in [-0.05, 0) is 127 Å². The number of amides is 4. The lowest BCUT2D eigenvalue weighted by Gasteiger charge is -2.59. The van der Waals surface area contributed by atoms with Gasteiger partial charge >= 0.3 is 36.3 Å². The van der Waals surface area contributed by atoms with Crippen molar-refractivity contribution in [2.45, 2.75) is 193 Å². The highest BCUT2D eigenvalue weighted by atomic mass is 16.8. The van der Waals surface area contributed by atoms with Gasteiger partial charge in [-0.25, -0.2) is 24.0 Å². The molecule has 7 N–H and O–H groups in total. The first-order chi connectivity index (χ1) is 46.9. The molecular weight excluding hydrogens is 1270 g/mol. The van der Waals surface area contributed by atoms with Crippen LogP contribution >= 0.6 is 0 Å². The molecule has 4 aliphatic carbocycles. The summed E-state index contributed by atoms with van der Waals surface area (Å²) in [6.45, 7) is 17.5. The molecule has 9 rings (SSSR count). The Bertz CT molecular complexity index is 3310. The van der Waals surface area contributed by atoms with Crippen molar-refractivity contribution in [2.75, 3.05) is 33.5 Å². The van der Waals surface area contributed by atoms with Gasteiger partial charge < -0.3 is 88.7 Å². The maximum Gasteiger partial charge on any atom is 0.407 e. The number of aliphatic hydroxyl groups is 3. The van der Waals surface area contributed by atoms with Crippen molar-refractivity contribution in [3.63, 3.8) is 0 Å². The zero-order valence-corrected chi connectivity index (χ0v) is 56.9. The Morgan fingerprint density at radius 3 is 1.74 bits per heavy atom. The second kappa shape index (κ2) is 33.3. The lowest BCUT2D eigenvalue weighted by atomic mass is 9.46. The van der Waals surface area contributed by atoms with Gasteiger partial charge in [-0.3, -0.25) is 9.59 Å². The number of allylic oxidation sites excluding steroid dienone is 1. The van der Waals surface area contributed by atoms with E-state index in [9.17, 15) is 48.9 Å². The van der Waals surface area contributed by atoms with E-state index >= 15 is 0 Å². The molecule has 3 saturated carbocycles. The summed E-state index contributed by atoms with van der Waals surface area (Å²) >= 11 is 0. The van der Waals surface area contributed by atoms with Gasteiger partial charge in [0, 0.05) is 50.9 Å². The average Bonchev–Trinajstić information content (AvgIpc) is 1.48. The Hall–Kier alpha value is -7.91. The second-order valence-corrected chi connectivity index (χ2v) is 27.3. The smallest absolute Gasteiger partial charge is 0.407 e. The standard InChI is InChI=1S/C73H96N4O21/c1-10-32-89-67(83)74-36-45-13-17-47(18-14-45)38-76-69(85)94-58-41-92-66(63(96-64(82)49-21-24-52(88-9)25-22-49)61(58)98-70(86)77-39-48-19-15-46(16-20-48)37-75-68(84)90-33-11-2)97-60-57(81)40-91-65(62(60)93-44(6)78)95-59-35-55-53-26-23-50-34-51(79)28-30-71(50,7)54(53)29-31-72(55,8)73(59,87)43(5)56(80)27-12-42(3)4/h10-11,13-25,42-43,51,53-55,57-63,65-66,79,81,87H,1-2,12,26-41H2,3-9H3,(H,74,83)(H,75,84)(H,76,85)(H,77,86)/t43-,51+,53-,54?,55+,57+,58-,59+,60+,61+,62-,63-,65+,66+,71+,72+,73-/m1/s1. The SMILES string of the molecule is C=CCOC(=O)NCc1ccc(CNC(=O)O[C@@H]2[C@@H](OC(=O)c3ccc(OC)cc3)[C@H](O[C@@H]3[C@@H](OC(C)=O)[C@H](O[C@H]4C[C@H]5[C@@H]6CC=C7C[C@@H](O)CC[C@]7(C)C6CC[C@]5(C)[C@@]4(O)[C@H](C)C(=O)CCC(C)C)OC[C@@H]3O)OC[C@H]2OC(=O)NCc2ccc(CNC(=O)OCC=C)cc2)cc1. The van der Waals surface area contributed by atoms with Gasteiger partial charge in [0.05, 0.1) is 38.1 Å². The number of aliphatic hydroxyl groups excluding tert-OH is 2. The summed E-state index contributed by atoms with van der Waals surface area (Å²) in [5.74, 6) is -2.13. The number of Topliss-reactive ketones (excluding diaryl/α,β-unsaturated/α-hetero) is 1. The molecule has 25 nitrogen and oxygen atoms in total. The second-order valence-electron chi connectivity index (χ2n) is 27.3. The summed E-state index contributed by atoms with van der Waals surface area (Å²) in [6.07, 6.45) is -7.90. The lowest BCUT2D eigenvalue weighted by molar-refractivity contribution is -0.344. The molecule has 5 fully saturated rings. The van der Waals surface area contributed by atoms with Crippen molar-refractivity contribution >= 4 is 42.1 Å². The van der Waals surface area contributed by atoms with Gasteiger partial charge in [-0.1, -0.05) is 120 Å². The number of hydrogen-bond donors (Lipinski definition) is 7. The minimum atomic E-state index is -1.86. The van der Waals surface area contributed by atoms with Gasteiger partial charge in [0.25, 0.3) is 0 Å². The molecule has 2 aliphatic heterocycles. The van der Waals surface area contributed by atoms with Crippen LogP contribution in [-0.2, 0) is 83.1 Å². The molecule has 17 atom stereocenters. The zero-order valence-electron chi connectivity index (χ0n) is 56.9. The first-order valence-corrected chi connectivity index (χ1v) is 33.8. The van der Waals surface area contributed by atoms with Crippen LogP contribution < -0.4 is 26.0 Å². The number of methoxy groups -OCH3 is 1. The fraction of sp³-hybridized carbons (Fsp3) is 0.575. The number of fused-ring (bicyclic) bond motifs is 5. The average molecular weight is 1370 g/mol. The van der Waals surface area contributed by atoms with E-state index in [1.807, 2.05) is 13.8 Å². The molecule has 98 heavy (non-hydrogen) atoms. The number of rotatable bonds is 27. The monoisotopic (exact) mass is 1360 g/mol. The fourth-order valence-electron chi connectivity index (χ4n) is 15.3. The topological polar surface area (TPSA) is 330 Å². The number of esters is 2. The van der Waals surface area contributed by atoms with Crippen molar-refractivity contribution in [3.8, 4) is 5.75 Å². The quantitative estimate of drug-likeness (QED) is 0.0213. The minimum Gasteiger partial charge on any atom is -0.497 e. The van der Waals surface area contributed by atoms with Gasteiger partial charge in [0.15, 0.2) is 37.0 Å². The van der Waals surface area contributed by atoms with Crippen molar-refractivity contribution in [3.05, 3.63) is 138 Å². The van der Waals surface area contributed by atoms with Gasteiger partial charge in [0.1, 0.15) is 42.6 Å². The van der Waals surface area contributed by atoms with Crippen molar-refractivity contribution < 1.29 is 101 Å². The summed E-state index contributed by atoms with van der Waals surface area (Å²) < 4.78 is 66.2. The Morgan fingerprint density at radius 2 is 1.19 bits per heavy atom. The van der Waals surface area contributed by atoms with Crippen LogP contribution in [0.4, 0.5) is 19.2 Å². The highest BCUT2D eigenvalue weighted by molar-refractivity contribution is 5.89. The molecule has 3 aromatic carbocycles. The number of alkyl carbamates (subject to hydrolysis) is 4. The van der Waals surface area contributed by atoms with Crippen LogP contribution in [0.2, 0.25) is 0 Å². The Labute approximate surface area is 571 Å². The van der Waals surface area contributed by atoms with Crippen molar-refractivity contribution in [1.29, 1.82) is 0 Å². The van der Waals surface area contributed by atoms with Crippen LogP contribution in [0.25, 0.3) is 0 Å². The van der Waals surface area contributed by atoms with Crippen LogP contribution in [0.5, 0.6) is 5.75 Å². The number of nitrogens with one attached hydrogen (secondary N) is 4. The summed E-state index contributed by atoms with van der Waals surface area (Å²) in [6, 6.07) is 19.7. The minimum absolute atomic E-state index is 0.00879. The first kappa shape index (κ1) is 74.3. The fourth-order valence-corrected chi connectivity index (χ4v) is 15.3. The summed E-state index contributed by atoms with van der Waals surface area (Å²) in [5.41, 5.74) is 1.10. The molecule has 2 heterocycles. The van der Waals surface area contributed by atoms with Crippen LogP contribution in [0.1, 0.15) is 132 Å². The van der Waals surface area contributed by atoms with E-state index in [1.54, 1.807) is 55.5 Å². The van der Waals surface area contributed by atoms with Gasteiger partial charge in [-0.2, -0.15) is 0 Å². The molecule has 2 saturated heterocycles. The molecule has 25 heteroatoms. The number of carbonyl (C=O) groups excluding carboxylic acids is 7. The molecule has 0 spiro atoms. The summed E-state index contributed by atoms with van der Waals surface area (Å²) in [7, 11) is 1.45. The molecular formula is C73H96N4O21. The molecule has 3 aromatic rings. The number of hydrogen-bond acceptors (Lipinski definition) is 21. The van der Waals surface area contributed by atoms with E-state index in [4.69, 9.17) is 52.1 Å². The first-order valence-electron chi connectivity index (χ1n) is 33.8. The Morgan fingerprint density at radius 1 is 0.653 bits per heavy atom. The van der Waals surface area contributed by atoms with Crippen LogP contribution in [0.15, 0.2) is 110 Å². The van der Waals surface area contributed by atoms with E-state index in [-0.39, 0.29) is 86.2 Å². The molecule has 6 aliphatic rings. The Balaban J connectivity index is 1.01. The number of ketones is 1. The van der Waals surface area contributed by atoms with Crippen molar-refractivity contribution in [1.82, 2.24) is 21.3 Å². The largest absolute Gasteiger partial charge is 0.497 e. The maximum atomic E-state index is 14.6. The van der Waals surface area contributed by atoms with E-state index < -0.39 is 128 Å². The lowest BCUT2D eigenvalue weighted by Crippen LogP contribution is -2.64. The maximum absolute atomic E-state index is 14.6. The van der Waals surface area contributed by atoms with Gasteiger partial charge in [-0.15, -0.1) is 0 Å². The third-order valence-electron chi connectivity index (χ3n) is 20.7. The molecule has 534 valence electrons. The number of ether oxygens (including phenoxy) is 11. The van der Waals surface area contributed by atoms with E-state index in [2.05, 4.69) is 54.3 Å². The summed E-state index contributed by atoms with van der Waals surface area (Å²) in [5, 5.41) is 47.4. The van der Waals surface area contributed by atoms with Crippen LogP contribution in [0, 0.1) is 40.4 Å². The third kappa shape index (κ3) is 17.6. The summed E-state index contributed by atoms with van der Waals surface area (Å²) in [4.78, 5) is 94.9. The zero-order chi connectivity index (χ0) is 70.5. The third-order valence-corrected chi connectivity index (χ3v) is 20.7. The van der Waals surface area contributed by atoms with E-state index in [0.717, 1.165) is 25.3 Å². The molecule has 0 bridgehead atoms. The molecule has 1 unspecified atom stereocenters. The predicted octanol–water partition coefficient (Wildman–Crippen LogP) is 8.72. The Kier molecular flexibility index (Phi) is 25.3. The van der Waals surface area contributed by atoms with E-state index in [1.165, 1.54) is 49.1 Å². The normalized spacial score (nSPS) is 30.4. The highest BCUT2D eigenvalue weighted by Crippen LogP contribution is 2.69. The number of benzene rings is 3. The molecule has 0 aromatic heterocycles. The van der Waals surface area contributed by atoms with Gasteiger partial charge in [0.2, 0.25) is 0 Å². The predicted molar refractivity (Wildman–Crippen MR) is 353 cm³/mol. The van der Waals surface area contributed by atoms with Crippen LogP contribution in [-0.4, -0.2) is 158 Å². The highest BCUT2D eigenvalue weighted by Gasteiger charge is 2.71. The molecule has 4 amide bonds.